The number of hydrogen-bond acceptors (Lipinski definition) is 4. The van der Waals surface area contributed by atoms with E-state index in [4.69, 9.17) is 7.64 Å². The van der Waals surface area contributed by atoms with Gasteiger partial charge < -0.3 is 0 Å². The van der Waals surface area contributed by atoms with E-state index >= 15 is 0 Å². The zero-order valence-electron chi connectivity index (χ0n) is 9.93. The van der Waals surface area contributed by atoms with Crippen molar-refractivity contribution in [1.82, 2.24) is 0 Å². The van der Waals surface area contributed by atoms with E-state index in [0.29, 0.717) is 15.6 Å². The normalized spacial score (nSPS) is 12.4. The van der Waals surface area contributed by atoms with Gasteiger partial charge in [0.05, 0.1) is 0 Å². The number of hydrogen-bond donors (Lipinski definition) is 0. The van der Waals surface area contributed by atoms with Crippen LogP contribution in [-0.4, -0.2) is 11.9 Å². The van der Waals surface area contributed by atoms with Crippen LogP contribution >= 0.6 is 0 Å². The maximum atomic E-state index is 11.3. The van der Waals surface area contributed by atoms with E-state index in [-0.39, 0.29) is 0 Å². The summed E-state index contributed by atoms with van der Waals surface area (Å²) in [5, 5.41) is 0. The number of rotatable bonds is 2. The first-order chi connectivity index (χ1) is 6.55. The van der Waals surface area contributed by atoms with Gasteiger partial charge in [0.25, 0.3) is 0 Å². The van der Waals surface area contributed by atoms with Crippen LogP contribution < -0.4 is 0 Å². The van der Waals surface area contributed by atoms with Crippen LogP contribution in [0.4, 0.5) is 0 Å². The van der Waals surface area contributed by atoms with Crippen LogP contribution in [0.2, 0.25) is 0 Å². The Morgan fingerprint density at radius 3 is 1.27 bits per heavy atom. The average Bonchev–Trinajstić information content (AvgIpc) is 2.00. The second kappa shape index (κ2) is 4.99. The topological polar surface area (TPSA) is 52.6 Å². The van der Waals surface area contributed by atoms with Gasteiger partial charge in [0.2, 0.25) is 0 Å². The number of carbonyl (C=O) groups excluding carboxylic acids is 2. The summed E-state index contributed by atoms with van der Waals surface area (Å²) < 4.78 is 9.39. The van der Waals surface area contributed by atoms with Crippen LogP contribution in [0.1, 0.15) is 41.5 Å². The summed E-state index contributed by atoms with van der Waals surface area (Å²) in [6, 6.07) is 0. The summed E-state index contributed by atoms with van der Waals surface area (Å²) in [5.41, 5.74) is -1.20. The quantitative estimate of drug-likeness (QED) is 0.718. The average molecular weight is 266 g/mol. The van der Waals surface area contributed by atoms with E-state index in [1.807, 2.05) is 0 Å². The SMILES string of the molecule is CC(C)(C)C(=O)[O][Cu][O]C(=O)C(C)(C)C. The summed E-state index contributed by atoms with van der Waals surface area (Å²) in [4.78, 5) is 22.5. The van der Waals surface area contributed by atoms with E-state index in [0.717, 1.165) is 0 Å². The van der Waals surface area contributed by atoms with Crippen molar-refractivity contribution in [3.63, 3.8) is 0 Å². The molecule has 0 heterocycles. The van der Waals surface area contributed by atoms with Crippen LogP contribution in [0.15, 0.2) is 0 Å². The third-order valence-electron chi connectivity index (χ3n) is 1.39. The van der Waals surface area contributed by atoms with E-state index in [1.165, 1.54) is 0 Å². The third kappa shape index (κ3) is 5.80. The van der Waals surface area contributed by atoms with Crippen LogP contribution in [0.25, 0.3) is 0 Å². The van der Waals surface area contributed by atoms with Gasteiger partial charge in [-0.1, -0.05) is 0 Å². The Morgan fingerprint density at radius 2 is 1.07 bits per heavy atom. The van der Waals surface area contributed by atoms with Gasteiger partial charge >= 0.3 is 97.2 Å². The van der Waals surface area contributed by atoms with Crippen molar-refractivity contribution in [2.24, 2.45) is 10.8 Å². The molecule has 0 N–H and O–H groups in total. The molecule has 0 aromatic carbocycles. The van der Waals surface area contributed by atoms with Crippen molar-refractivity contribution in [3.8, 4) is 0 Å². The van der Waals surface area contributed by atoms with Crippen molar-refractivity contribution in [1.29, 1.82) is 0 Å². The molecule has 15 heavy (non-hydrogen) atoms. The van der Waals surface area contributed by atoms with E-state index < -0.39 is 22.8 Å². The maximum absolute atomic E-state index is 11.3. The standard InChI is InChI=1S/2C5H10O2.Cu/c2*1-5(2,3)4(6)7;/h2*1-3H3,(H,6,7);/q;;+2/p-2. The Balaban J connectivity index is 3.92. The fourth-order valence-corrected chi connectivity index (χ4v) is 1.00. The molecule has 93 valence electrons. The Kier molecular flexibility index (Phi) is 4.81. The Labute approximate surface area is 97.5 Å². The van der Waals surface area contributed by atoms with E-state index in [2.05, 4.69) is 0 Å². The molecule has 0 atom stereocenters. The van der Waals surface area contributed by atoms with Crippen LogP contribution in [0.5, 0.6) is 0 Å². The van der Waals surface area contributed by atoms with Gasteiger partial charge in [-0.2, -0.15) is 0 Å². The predicted octanol–water partition coefficient (Wildman–Crippen LogP) is 2.08. The fraction of sp³-hybridized carbons (Fsp3) is 0.800. The fourth-order valence-electron chi connectivity index (χ4n) is 0.243. The van der Waals surface area contributed by atoms with Gasteiger partial charge in [0.15, 0.2) is 0 Å². The molecule has 0 aromatic heterocycles. The van der Waals surface area contributed by atoms with E-state index in [9.17, 15) is 9.59 Å². The minimum atomic E-state index is -0.599. The summed E-state index contributed by atoms with van der Waals surface area (Å²) >= 11 is 0.516. The van der Waals surface area contributed by atoms with Crippen molar-refractivity contribution in [2.75, 3.05) is 0 Å². The monoisotopic (exact) mass is 265 g/mol. The minimum absolute atomic E-state index is 0.427. The van der Waals surface area contributed by atoms with Crippen LogP contribution in [0, 0.1) is 10.8 Å². The molecule has 0 unspecified atom stereocenters. The predicted molar refractivity (Wildman–Crippen MR) is 51.1 cm³/mol. The van der Waals surface area contributed by atoms with Gasteiger partial charge in [-0.3, -0.25) is 0 Å². The second-order valence-corrected chi connectivity index (χ2v) is 5.79. The Bertz CT molecular complexity index is 221. The molecule has 0 aromatic rings. The zero-order valence-corrected chi connectivity index (χ0v) is 10.9. The van der Waals surface area contributed by atoms with E-state index in [1.54, 1.807) is 41.5 Å². The molecule has 4 nitrogen and oxygen atoms in total. The summed E-state index contributed by atoms with van der Waals surface area (Å²) in [5.74, 6) is -0.853. The third-order valence-corrected chi connectivity index (χ3v) is 1.89. The van der Waals surface area contributed by atoms with Crippen molar-refractivity contribution in [2.45, 2.75) is 41.5 Å². The Hall–Kier alpha value is -0.541. The number of carbonyl (C=O) groups is 2. The molecule has 0 aliphatic heterocycles. The first kappa shape index (κ1) is 14.5. The second-order valence-electron chi connectivity index (χ2n) is 5.25. The molecule has 0 aliphatic carbocycles. The van der Waals surface area contributed by atoms with Crippen LogP contribution in [-0.2, 0) is 32.8 Å². The first-order valence-corrected chi connectivity index (χ1v) is 5.33. The van der Waals surface area contributed by atoms with Gasteiger partial charge in [0, 0.05) is 0 Å². The van der Waals surface area contributed by atoms with Crippen LogP contribution in [0.3, 0.4) is 0 Å². The van der Waals surface area contributed by atoms with Gasteiger partial charge in [-0.05, 0) is 0 Å². The van der Waals surface area contributed by atoms with Gasteiger partial charge in [-0.25, -0.2) is 0 Å². The molecule has 0 saturated carbocycles. The van der Waals surface area contributed by atoms with Gasteiger partial charge in [-0.15, -0.1) is 0 Å². The molecule has 0 fully saturated rings. The molecule has 0 amide bonds. The van der Waals surface area contributed by atoms with Crippen molar-refractivity contribution >= 4 is 11.9 Å². The summed E-state index contributed by atoms with van der Waals surface area (Å²) in [7, 11) is 0. The molecule has 5 heteroatoms. The van der Waals surface area contributed by atoms with Gasteiger partial charge in [0.1, 0.15) is 0 Å². The van der Waals surface area contributed by atoms with Crippen molar-refractivity contribution in [3.05, 3.63) is 0 Å². The molecular formula is C10H18CuO4. The zero-order chi connectivity index (χ0) is 12.3. The molecule has 0 spiro atoms. The molecule has 0 radical (unpaired) electrons. The molecule has 0 bridgehead atoms. The molecule has 0 rings (SSSR count). The molecule has 0 aliphatic rings. The molecular weight excluding hydrogens is 248 g/mol. The molecule has 0 saturated heterocycles. The van der Waals surface area contributed by atoms with Crippen molar-refractivity contribution < 1.29 is 32.8 Å². The Morgan fingerprint density at radius 1 is 0.800 bits per heavy atom. The summed E-state index contributed by atoms with van der Waals surface area (Å²) in [6.45, 7) is 10.3. The summed E-state index contributed by atoms with van der Waals surface area (Å²) in [6.07, 6.45) is 0. The first-order valence-electron chi connectivity index (χ1n) is 4.56.